The zero-order chi connectivity index (χ0) is 29.7. The van der Waals surface area contributed by atoms with Gasteiger partial charge in [0.15, 0.2) is 5.76 Å². The minimum atomic E-state index is -1.76. The van der Waals surface area contributed by atoms with E-state index in [1.807, 2.05) is 0 Å². The molecule has 14 heteroatoms. The standard InChI is InChI=1S/C27H30O14/c1-9-17(30)20(33)22(35)26(37-9)39-13-7-14(29)16-15(8-13)40-24(11-3-5-12(28)6-4-11)25(19(16)32)41-27-23(36)21(34)18(31)10(2)38-27/h3-10,17-18,20-23,26-31,33-36H,1-2H3/t9-,10+,17-,18+,20+,21-,22+,23-,26+,27-/m0/s1. The first-order valence-electron chi connectivity index (χ1n) is 12.7. The van der Waals surface area contributed by atoms with Gasteiger partial charge in [-0.3, -0.25) is 4.79 Å². The molecule has 0 spiro atoms. The predicted molar refractivity (Wildman–Crippen MR) is 137 cm³/mol. The Bertz CT molecular complexity index is 1460. The number of phenols is 2. The number of hydrogen-bond donors (Lipinski definition) is 8. The summed E-state index contributed by atoms with van der Waals surface area (Å²) in [7, 11) is 0. The second-order valence-corrected chi connectivity index (χ2v) is 10.1. The quantitative estimate of drug-likeness (QED) is 0.187. The largest absolute Gasteiger partial charge is 0.508 e. The van der Waals surface area contributed by atoms with Crippen molar-refractivity contribution in [1.82, 2.24) is 0 Å². The Morgan fingerprint density at radius 2 is 1.24 bits per heavy atom. The third-order valence-corrected chi connectivity index (χ3v) is 7.14. The highest BCUT2D eigenvalue weighted by molar-refractivity contribution is 5.88. The summed E-state index contributed by atoms with van der Waals surface area (Å²) in [5.74, 6) is -1.55. The molecular weight excluding hydrogens is 548 g/mol. The van der Waals surface area contributed by atoms with Crippen molar-refractivity contribution in [3.05, 3.63) is 46.6 Å². The van der Waals surface area contributed by atoms with E-state index in [-0.39, 0.29) is 33.8 Å². The summed E-state index contributed by atoms with van der Waals surface area (Å²) in [6.45, 7) is 2.90. The van der Waals surface area contributed by atoms with Gasteiger partial charge in [-0.05, 0) is 38.1 Å². The van der Waals surface area contributed by atoms with Crippen molar-refractivity contribution in [1.29, 1.82) is 0 Å². The maximum Gasteiger partial charge on any atom is 0.239 e. The van der Waals surface area contributed by atoms with Gasteiger partial charge in [-0.15, -0.1) is 0 Å². The molecule has 2 aromatic carbocycles. The molecule has 10 atom stereocenters. The van der Waals surface area contributed by atoms with Gasteiger partial charge in [0.1, 0.15) is 64.8 Å². The SMILES string of the molecule is C[C@@H]1O[C@H](Oc2cc(O)c3c(=O)c(O[C@@H]4O[C@H](C)[C@@H](O)[C@H](O)[C@@H]4O)c(-c4ccc(O)cc4)oc3c2)[C@H](O)[C@H](O)[C@H]1O. The maximum absolute atomic E-state index is 13.7. The molecule has 2 aliphatic heterocycles. The lowest BCUT2D eigenvalue weighted by Crippen LogP contribution is -2.58. The van der Waals surface area contributed by atoms with Crippen LogP contribution in [0, 0.1) is 0 Å². The van der Waals surface area contributed by atoms with E-state index >= 15 is 0 Å². The molecule has 3 aromatic rings. The van der Waals surface area contributed by atoms with Crippen molar-refractivity contribution in [2.75, 3.05) is 0 Å². The van der Waals surface area contributed by atoms with Crippen LogP contribution >= 0.6 is 0 Å². The molecule has 41 heavy (non-hydrogen) atoms. The second-order valence-electron chi connectivity index (χ2n) is 10.1. The number of aliphatic hydroxyl groups is 6. The van der Waals surface area contributed by atoms with Crippen LogP contribution in [-0.2, 0) is 9.47 Å². The van der Waals surface area contributed by atoms with E-state index in [1.165, 1.54) is 44.2 Å². The highest BCUT2D eigenvalue weighted by Gasteiger charge is 2.45. The van der Waals surface area contributed by atoms with E-state index in [0.717, 1.165) is 6.07 Å². The Morgan fingerprint density at radius 3 is 1.80 bits per heavy atom. The van der Waals surface area contributed by atoms with E-state index in [4.69, 9.17) is 23.4 Å². The van der Waals surface area contributed by atoms with E-state index in [2.05, 4.69) is 0 Å². The van der Waals surface area contributed by atoms with E-state index in [0.29, 0.717) is 0 Å². The number of ether oxygens (including phenoxy) is 4. The monoisotopic (exact) mass is 578 g/mol. The molecule has 0 amide bonds. The second kappa shape index (κ2) is 11.1. The van der Waals surface area contributed by atoms with Crippen molar-refractivity contribution in [3.8, 4) is 34.3 Å². The first kappa shape index (κ1) is 29.0. The van der Waals surface area contributed by atoms with Gasteiger partial charge in [0, 0.05) is 17.7 Å². The van der Waals surface area contributed by atoms with Crippen LogP contribution in [0.25, 0.3) is 22.3 Å². The van der Waals surface area contributed by atoms with Crippen LogP contribution in [0.4, 0.5) is 0 Å². The Morgan fingerprint density at radius 1 is 0.707 bits per heavy atom. The Balaban J connectivity index is 1.58. The normalized spacial score (nSPS) is 34.0. The zero-order valence-corrected chi connectivity index (χ0v) is 21.8. The van der Waals surface area contributed by atoms with Crippen LogP contribution in [-0.4, -0.2) is 102 Å². The molecular formula is C27H30O14. The topological polar surface area (TPSA) is 229 Å². The third kappa shape index (κ3) is 5.31. The lowest BCUT2D eigenvalue weighted by atomic mass is 10.00. The van der Waals surface area contributed by atoms with Crippen LogP contribution in [0.3, 0.4) is 0 Å². The fraction of sp³-hybridized carbons (Fsp3) is 0.444. The van der Waals surface area contributed by atoms with Gasteiger partial charge in [0.2, 0.25) is 23.8 Å². The smallest absolute Gasteiger partial charge is 0.239 e. The van der Waals surface area contributed by atoms with Crippen LogP contribution in [0.1, 0.15) is 13.8 Å². The number of benzene rings is 2. The highest BCUT2D eigenvalue weighted by atomic mass is 16.7. The summed E-state index contributed by atoms with van der Waals surface area (Å²) in [4.78, 5) is 13.7. The number of rotatable bonds is 5. The summed E-state index contributed by atoms with van der Waals surface area (Å²) < 4.78 is 28.2. The van der Waals surface area contributed by atoms with Gasteiger partial charge in [0.25, 0.3) is 0 Å². The summed E-state index contributed by atoms with van der Waals surface area (Å²) in [5, 5.41) is 81.1. The molecule has 3 heterocycles. The van der Waals surface area contributed by atoms with Gasteiger partial charge in [0.05, 0.1) is 12.2 Å². The highest BCUT2D eigenvalue weighted by Crippen LogP contribution is 2.38. The number of hydrogen-bond acceptors (Lipinski definition) is 14. The molecule has 1 aromatic heterocycles. The minimum absolute atomic E-state index is 0.0859. The van der Waals surface area contributed by atoms with Crippen molar-refractivity contribution < 1.29 is 64.2 Å². The van der Waals surface area contributed by atoms with Crippen molar-refractivity contribution >= 4 is 11.0 Å². The first-order valence-corrected chi connectivity index (χ1v) is 12.7. The molecule has 2 saturated heterocycles. The first-order chi connectivity index (χ1) is 19.4. The number of phenolic OH excluding ortho intramolecular Hbond substituents is 2. The van der Waals surface area contributed by atoms with Crippen molar-refractivity contribution in [3.63, 3.8) is 0 Å². The van der Waals surface area contributed by atoms with Crippen molar-refractivity contribution in [2.24, 2.45) is 0 Å². The van der Waals surface area contributed by atoms with Crippen LogP contribution in [0.5, 0.6) is 23.0 Å². The Labute approximate surface area is 231 Å². The Hall–Kier alpha value is -3.47. The van der Waals surface area contributed by atoms with E-state index in [1.54, 1.807) is 0 Å². The van der Waals surface area contributed by atoms with Gasteiger partial charge in [-0.1, -0.05) is 0 Å². The lowest BCUT2D eigenvalue weighted by Gasteiger charge is -2.39. The van der Waals surface area contributed by atoms with Crippen molar-refractivity contribution in [2.45, 2.75) is 75.3 Å². The molecule has 2 fully saturated rings. The van der Waals surface area contributed by atoms with Gasteiger partial charge < -0.3 is 64.2 Å². The fourth-order valence-corrected chi connectivity index (χ4v) is 4.71. The third-order valence-electron chi connectivity index (χ3n) is 7.14. The molecule has 0 radical (unpaired) electrons. The minimum Gasteiger partial charge on any atom is -0.508 e. The molecule has 0 bridgehead atoms. The molecule has 8 N–H and O–H groups in total. The summed E-state index contributed by atoms with van der Waals surface area (Å²) >= 11 is 0. The Kier molecular flexibility index (Phi) is 7.84. The fourth-order valence-electron chi connectivity index (χ4n) is 4.71. The molecule has 14 nitrogen and oxygen atoms in total. The van der Waals surface area contributed by atoms with Gasteiger partial charge in [-0.2, -0.15) is 0 Å². The number of fused-ring (bicyclic) bond motifs is 1. The molecule has 0 saturated carbocycles. The average molecular weight is 579 g/mol. The summed E-state index contributed by atoms with van der Waals surface area (Å²) in [6.07, 6.45) is -14.3. The average Bonchev–Trinajstić information content (AvgIpc) is 2.93. The number of aromatic hydroxyl groups is 2. The van der Waals surface area contributed by atoms with Gasteiger partial charge in [-0.25, -0.2) is 0 Å². The molecule has 0 unspecified atom stereocenters. The molecule has 222 valence electrons. The molecule has 0 aliphatic carbocycles. The maximum atomic E-state index is 13.7. The van der Waals surface area contributed by atoms with Crippen LogP contribution in [0.2, 0.25) is 0 Å². The summed E-state index contributed by atoms with van der Waals surface area (Å²) in [5.41, 5.74) is -0.865. The van der Waals surface area contributed by atoms with Crippen LogP contribution < -0.4 is 14.9 Å². The summed E-state index contributed by atoms with van der Waals surface area (Å²) in [6, 6.07) is 7.71. The van der Waals surface area contributed by atoms with Crippen LogP contribution in [0.15, 0.2) is 45.6 Å². The van der Waals surface area contributed by atoms with Gasteiger partial charge >= 0.3 is 0 Å². The van der Waals surface area contributed by atoms with E-state index in [9.17, 15) is 45.6 Å². The predicted octanol–water partition coefficient (Wildman–Crippen LogP) is -0.716. The molecule has 5 rings (SSSR count). The lowest BCUT2D eigenvalue weighted by molar-refractivity contribution is -0.268. The molecule has 2 aliphatic rings. The number of aliphatic hydroxyl groups excluding tert-OH is 6. The van der Waals surface area contributed by atoms with E-state index < -0.39 is 78.3 Å². The zero-order valence-electron chi connectivity index (χ0n) is 21.8.